The molecule has 0 aliphatic rings. The minimum absolute atomic E-state index is 0.0128. The Morgan fingerprint density at radius 3 is 2.64 bits per heavy atom. The number of amides is 1. The van der Waals surface area contributed by atoms with Crippen LogP contribution in [0.3, 0.4) is 0 Å². The van der Waals surface area contributed by atoms with Crippen LogP contribution in [0.25, 0.3) is 11.5 Å². The number of anilines is 1. The van der Waals surface area contributed by atoms with Gasteiger partial charge in [-0.05, 0) is 30.3 Å². The van der Waals surface area contributed by atoms with Gasteiger partial charge < -0.3 is 9.73 Å². The molecule has 0 saturated heterocycles. The van der Waals surface area contributed by atoms with Crippen LogP contribution < -0.4 is 5.32 Å². The molecule has 0 atom stereocenters. The Morgan fingerprint density at radius 2 is 1.89 bits per heavy atom. The van der Waals surface area contributed by atoms with Gasteiger partial charge >= 0.3 is 0 Å². The molecule has 1 amide bonds. The van der Waals surface area contributed by atoms with E-state index in [4.69, 9.17) is 4.42 Å². The summed E-state index contributed by atoms with van der Waals surface area (Å²) in [6.45, 7) is 0. The first-order valence-electron chi connectivity index (χ1n) is 8.27. The summed E-state index contributed by atoms with van der Waals surface area (Å²) in [6, 6.07) is 11.2. The molecule has 0 unspecified atom stereocenters. The van der Waals surface area contributed by atoms with Gasteiger partial charge in [-0.2, -0.15) is 0 Å². The molecule has 1 aromatic heterocycles. The molecule has 2 aromatic carbocycles. The summed E-state index contributed by atoms with van der Waals surface area (Å²) >= 11 is 0. The van der Waals surface area contributed by atoms with E-state index in [1.54, 1.807) is 12.1 Å². The predicted molar refractivity (Wildman–Crippen MR) is 99.0 cm³/mol. The van der Waals surface area contributed by atoms with Crippen molar-refractivity contribution in [1.82, 2.24) is 4.98 Å². The van der Waals surface area contributed by atoms with Crippen molar-refractivity contribution in [2.45, 2.75) is 12.2 Å². The minimum Gasteiger partial charge on any atom is -0.444 e. The van der Waals surface area contributed by atoms with Crippen LogP contribution >= 0.6 is 0 Å². The maximum Gasteiger partial charge on any atom is 0.226 e. The van der Waals surface area contributed by atoms with Crippen molar-refractivity contribution in [2.75, 3.05) is 11.1 Å². The Bertz CT molecular complexity index is 1100. The lowest BCUT2D eigenvalue weighted by Crippen LogP contribution is -2.19. The van der Waals surface area contributed by atoms with Crippen molar-refractivity contribution in [1.29, 1.82) is 0 Å². The molecular weight excluding hydrogens is 390 g/mol. The smallest absolute Gasteiger partial charge is 0.226 e. The molecule has 0 radical (unpaired) electrons. The second-order valence-corrected chi connectivity index (χ2v) is 8.21. The van der Waals surface area contributed by atoms with Gasteiger partial charge in [0.15, 0.2) is 9.84 Å². The van der Waals surface area contributed by atoms with Gasteiger partial charge in [-0.25, -0.2) is 22.2 Å². The van der Waals surface area contributed by atoms with Gasteiger partial charge in [0.25, 0.3) is 0 Å². The highest BCUT2D eigenvalue weighted by Gasteiger charge is 2.18. The normalized spacial score (nSPS) is 11.4. The molecule has 1 heterocycles. The molecule has 0 saturated carbocycles. The van der Waals surface area contributed by atoms with Gasteiger partial charge in [-0.1, -0.05) is 18.2 Å². The fraction of sp³-hybridized carbons (Fsp3) is 0.158. The summed E-state index contributed by atoms with van der Waals surface area (Å²) in [5.41, 5.74) is 0.517. The van der Waals surface area contributed by atoms with Crippen LogP contribution in [0.15, 0.2) is 59.2 Å². The lowest BCUT2D eigenvalue weighted by Gasteiger charge is -2.06. The number of carbonyl (C=O) groups excluding carboxylic acids is 1. The minimum atomic E-state index is -3.66. The molecule has 3 rings (SSSR count). The van der Waals surface area contributed by atoms with E-state index in [1.165, 1.54) is 42.7 Å². The zero-order valence-corrected chi connectivity index (χ0v) is 15.4. The van der Waals surface area contributed by atoms with Crippen molar-refractivity contribution < 1.29 is 26.4 Å². The van der Waals surface area contributed by atoms with E-state index in [0.29, 0.717) is 5.56 Å². The second-order valence-electron chi connectivity index (χ2n) is 6.02. The second kappa shape index (κ2) is 8.30. The van der Waals surface area contributed by atoms with Crippen LogP contribution in [0, 0.1) is 11.6 Å². The molecule has 28 heavy (non-hydrogen) atoms. The highest BCUT2D eigenvalue weighted by atomic mass is 32.2. The largest absolute Gasteiger partial charge is 0.444 e. The zero-order valence-electron chi connectivity index (χ0n) is 14.6. The summed E-state index contributed by atoms with van der Waals surface area (Å²) in [5.74, 6) is -2.46. The predicted octanol–water partition coefficient (Wildman–Crippen LogP) is 3.56. The number of benzene rings is 2. The molecule has 0 fully saturated rings. The number of nitrogens with one attached hydrogen (secondary N) is 1. The van der Waals surface area contributed by atoms with E-state index in [2.05, 4.69) is 10.3 Å². The van der Waals surface area contributed by atoms with E-state index in [9.17, 15) is 22.0 Å². The molecule has 0 spiro atoms. The summed E-state index contributed by atoms with van der Waals surface area (Å²) in [6.07, 6.45) is 0.850. The van der Waals surface area contributed by atoms with Crippen molar-refractivity contribution in [3.63, 3.8) is 0 Å². The first-order chi connectivity index (χ1) is 13.3. The van der Waals surface area contributed by atoms with Crippen LogP contribution in [0.2, 0.25) is 0 Å². The van der Waals surface area contributed by atoms with Crippen molar-refractivity contribution in [3.8, 4) is 11.5 Å². The van der Waals surface area contributed by atoms with Crippen LogP contribution in [-0.2, 0) is 20.4 Å². The third-order valence-corrected chi connectivity index (χ3v) is 5.34. The summed E-state index contributed by atoms with van der Waals surface area (Å²) in [4.78, 5) is 15.9. The SMILES string of the molecule is O=C(CCS(=O)(=O)Cc1coc(-c2cccc(F)c2)n1)Nc1ccccc1F. The van der Waals surface area contributed by atoms with Crippen molar-refractivity contribution in [3.05, 3.63) is 72.1 Å². The number of halogens is 2. The van der Waals surface area contributed by atoms with Gasteiger partial charge in [-0.15, -0.1) is 0 Å². The number of aromatic nitrogens is 1. The molecule has 1 N–H and O–H groups in total. The van der Waals surface area contributed by atoms with Gasteiger partial charge in [0, 0.05) is 12.0 Å². The number of hydrogen-bond acceptors (Lipinski definition) is 5. The molecule has 6 nitrogen and oxygen atoms in total. The summed E-state index contributed by atoms with van der Waals surface area (Å²) < 4.78 is 56.4. The van der Waals surface area contributed by atoms with E-state index in [1.807, 2.05) is 0 Å². The quantitative estimate of drug-likeness (QED) is 0.648. The number of nitrogens with zero attached hydrogens (tertiary/aromatic N) is 1. The lowest BCUT2D eigenvalue weighted by atomic mass is 10.2. The molecule has 9 heteroatoms. The average Bonchev–Trinajstić information content (AvgIpc) is 3.10. The topological polar surface area (TPSA) is 89.3 Å². The molecule has 0 aliphatic carbocycles. The maximum absolute atomic E-state index is 13.5. The van der Waals surface area contributed by atoms with Crippen LogP contribution in [0.4, 0.5) is 14.5 Å². The van der Waals surface area contributed by atoms with E-state index < -0.39 is 38.9 Å². The summed E-state index contributed by atoms with van der Waals surface area (Å²) in [7, 11) is -3.66. The lowest BCUT2D eigenvalue weighted by molar-refractivity contribution is -0.115. The number of sulfone groups is 1. The van der Waals surface area contributed by atoms with Gasteiger partial charge in [0.1, 0.15) is 17.9 Å². The number of carbonyl (C=O) groups is 1. The van der Waals surface area contributed by atoms with E-state index in [-0.39, 0.29) is 23.7 Å². The molecular formula is C19H16F2N2O4S. The van der Waals surface area contributed by atoms with E-state index in [0.717, 1.165) is 0 Å². The molecule has 0 aliphatic heterocycles. The third-order valence-electron chi connectivity index (χ3n) is 3.78. The fourth-order valence-corrected chi connectivity index (χ4v) is 3.67. The Hall–Kier alpha value is -3.07. The number of para-hydroxylation sites is 1. The maximum atomic E-state index is 13.5. The molecule has 3 aromatic rings. The van der Waals surface area contributed by atoms with Crippen LogP contribution in [-0.4, -0.2) is 25.1 Å². The van der Waals surface area contributed by atoms with Gasteiger partial charge in [-0.3, -0.25) is 4.79 Å². The molecule has 0 bridgehead atoms. The number of rotatable bonds is 7. The van der Waals surface area contributed by atoms with Gasteiger partial charge in [0.05, 0.1) is 22.9 Å². The Morgan fingerprint density at radius 1 is 1.11 bits per heavy atom. The van der Waals surface area contributed by atoms with Crippen molar-refractivity contribution >= 4 is 21.4 Å². The Balaban J connectivity index is 1.58. The molecule has 146 valence electrons. The highest BCUT2D eigenvalue weighted by molar-refractivity contribution is 7.90. The van der Waals surface area contributed by atoms with E-state index >= 15 is 0 Å². The first kappa shape index (κ1) is 19.7. The number of hydrogen-bond donors (Lipinski definition) is 1. The van der Waals surface area contributed by atoms with Crippen LogP contribution in [0.5, 0.6) is 0 Å². The van der Waals surface area contributed by atoms with Gasteiger partial charge in [0.2, 0.25) is 11.8 Å². The first-order valence-corrected chi connectivity index (χ1v) is 10.1. The third kappa shape index (κ3) is 5.23. The zero-order chi connectivity index (χ0) is 20.1. The fourth-order valence-electron chi connectivity index (χ4n) is 2.45. The Labute approximate surface area is 160 Å². The summed E-state index contributed by atoms with van der Waals surface area (Å²) in [5, 5.41) is 2.33. The van der Waals surface area contributed by atoms with Crippen molar-refractivity contribution in [2.24, 2.45) is 0 Å². The highest BCUT2D eigenvalue weighted by Crippen LogP contribution is 2.20. The Kier molecular flexibility index (Phi) is 5.84. The number of oxazole rings is 1. The standard InChI is InChI=1S/C19H16F2N2O4S/c20-14-5-3-4-13(10-14)19-22-15(11-27-19)12-28(25,26)9-8-18(24)23-17-7-2-1-6-16(17)21/h1-7,10-11H,8-9,12H2,(H,23,24). The average molecular weight is 406 g/mol. The van der Waals surface area contributed by atoms with Crippen LogP contribution in [0.1, 0.15) is 12.1 Å². The monoisotopic (exact) mass is 406 g/mol.